The van der Waals surface area contributed by atoms with Crippen molar-refractivity contribution in [2.24, 2.45) is 0 Å². The van der Waals surface area contributed by atoms with Crippen molar-refractivity contribution in [3.8, 4) is 0 Å². The third-order valence-electron chi connectivity index (χ3n) is 4.79. The Hall–Kier alpha value is -2.66. The number of carbonyl (C=O) groups is 1. The Morgan fingerprint density at radius 2 is 1.59 bits per heavy atom. The molecular weight excluding hydrogens is 354 g/mol. The van der Waals surface area contributed by atoms with E-state index in [1.54, 1.807) is 0 Å². The van der Waals surface area contributed by atoms with Crippen LogP contribution >= 0.6 is 11.8 Å². The summed E-state index contributed by atoms with van der Waals surface area (Å²) < 4.78 is 0. The Morgan fingerprint density at radius 1 is 0.963 bits per heavy atom. The van der Waals surface area contributed by atoms with E-state index in [0.29, 0.717) is 0 Å². The van der Waals surface area contributed by atoms with Crippen LogP contribution in [0.2, 0.25) is 0 Å². The first-order valence-electron chi connectivity index (χ1n) is 9.02. The lowest BCUT2D eigenvalue weighted by atomic mass is 9.95. The van der Waals surface area contributed by atoms with E-state index in [9.17, 15) is 4.79 Å². The van der Waals surface area contributed by atoms with E-state index >= 15 is 0 Å². The van der Waals surface area contributed by atoms with Gasteiger partial charge in [-0.15, -0.1) is 0 Å². The topological polar surface area (TPSA) is 54.9 Å². The van der Waals surface area contributed by atoms with Crippen molar-refractivity contribution in [3.05, 3.63) is 77.6 Å². The highest BCUT2D eigenvalue weighted by atomic mass is 32.2. The number of benzene rings is 2. The molecule has 1 N–H and O–H groups in total. The zero-order valence-electron chi connectivity index (χ0n) is 15.4. The molecule has 0 saturated heterocycles. The van der Waals surface area contributed by atoms with Crippen LogP contribution in [0, 0.1) is 13.8 Å². The van der Waals surface area contributed by atoms with Gasteiger partial charge in [0.05, 0.1) is 5.41 Å². The molecule has 27 heavy (non-hydrogen) atoms. The Labute approximate surface area is 163 Å². The molecule has 1 amide bonds. The lowest BCUT2D eigenvalue weighted by Gasteiger charge is -2.16. The number of aromatic nitrogens is 2. The second-order valence-corrected chi connectivity index (χ2v) is 8.00. The summed E-state index contributed by atoms with van der Waals surface area (Å²) in [4.78, 5) is 22.8. The van der Waals surface area contributed by atoms with Gasteiger partial charge in [0.25, 0.3) is 0 Å². The van der Waals surface area contributed by atoms with Crippen molar-refractivity contribution < 1.29 is 4.79 Å². The maximum absolute atomic E-state index is 12.8. The summed E-state index contributed by atoms with van der Waals surface area (Å²) in [7, 11) is 0. The van der Waals surface area contributed by atoms with Gasteiger partial charge < -0.3 is 5.32 Å². The van der Waals surface area contributed by atoms with Crippen molar-refractivity contribution >= 4 is 23.4 Å². The van der Waals surface area contributed by atoms with Crippen LogP contribution in [0.4, 0.5) is 5.69 Å². The molecule has 1 heterocycles. The summed E-state index contributed by atoms with van der Waals surface area (Å²) in [5.74, 6) is 0.0757. The number of rotatable bonds is 5. The monoisotopic (exact) mass is 375 g/mol. The maximum atomic E-state index is 12.8. The van der Waals surface area contributed by atoms with E-state index in [4.69, 9.17) is 0 Å². The van der Waals surface area contributed by atoms with Crippen LogP contribution in [0.1, 0.15) is 29.8 Å². The molecule has 0 spiro atoms. The van der Waals surface area contributed by atoms with Gasteiger partial charge in [0.1, 0.15) is 0 Å². The SMILES string of the molecule is Cc1cc(C)nc(Sc2ccc(NC(=O)C3(c4ccccc4)CC3)cc2)n1. The molecule has 0 atom stereocenters. The van der Waals surface area contributed by atoms with Crippen LogP contribution in [0.5, 0.6) is 0 Å². The summed E-state index contributed by atoms with van der Waals surface area (Å²) in [6, 6.07) is 19.8. The van der Waals surface area contributed by atoms with Gasteiger partial charge >= 0.3 is 0 Å². The van der Waals surface area contributed by atoms with Gasteiger partial charge in [-0.2, -0.15) is 0 Å². The zero-order valence-corrected chi connectivity index (χ0v) is 16.2. The van der Waals surface area contributed by atoms with Crippen molar-refractivity contribution in [2.75, 3.05) is 5.32 Å². The molecular formula is C22H21N3OS. The van der Waals surface area contributed by atoms with Gasteiger partial charge in [0, 0.05) is 22.0 Å². The van der Waals surface area contributed by atoms with Crippen molar-refractivity contribution in [2.45, 2.75) is 42.2 Å². The third-order valence-corrected chi connectivity index (χ3v) is 5.67. The normalized spacial score (nSPS) is 14.6. The standard InChI is InChI=1S/C22H21N3OS/c1-15-14-16(2)24-21(23-15)27-19-10-8-18(9-11-19)25-20(26)22(12-13-22)17-6-4-3-5-7-17/h3-11,14H,12-13H2,1-2H3,(H,25,26). The van der Waals surface area contributed by atoms with Crippen LogP contribution in [-0.2, 0) is 10.2 Å². The summed E-state index contributed by atoms with van der Waals surface area (Å²) in [6.07, 6.45) is 1.81. The highest BCUT2D eigenvalue weighted by Gasteiger charge is 2.51. The average molecular weight is 375 g/mol. The van der Waals surface area contributed by atoms with Crippen molar-refractivity contribution in [3.63, 3.8) is 0 Å². The molecule has 0 bridgehead atoms. The van der Waals surface area contributed by atoms with Gasteiger partial charge in [-0.3, -0.25) is 4.79 Å². The number of nitrogens with one attached hydrogen (secondary N) is 1. The highest BCUT2D eigenvalue weighted by molar-refractivity contribution is 7.99. The van der Waals surface area contributed by atoms with E-state index < -0.39 is 0 Å². The van der Waals surface area contributed by atoms with Gasteiger partial charge in [-0.25, -0.2) is 9.97 Å². The minimum absolute atomic E-state index is 0.0757. The van der Waals surface area contributed by atoms with Crippen LogP contribution in [-0.4, -0.2) is 15.9 Å². The zero-order chi connectivity index (χ0) is 18.9. The van der Waals surface area contributed by atoms with E-state index in [1.165, 1.54) is 11.8 Å². The molecule has 1 aromatic heterocycles. The minimum atomic E-state index is -0.360. The second kappa shape index (κ2) is 7.16. The Balaban J connectivity index is 1.44. The number of carbonyl (C=O) groups excluding carboxylic acids is 1. The maximum Gasteiger partial charge on any atom is 0.235 e. The van der Waals surface area contributed by atoms with E-state index in [-0.39, 0.29) is 11.3 Å². The summed E-state index contributed by atoms with van der Waals surface area (Å²) in [6.45, 7) is 3.94. The molecule has 136 valence electrons. The Kier molecular flexibility index (Phi) is 4.70. The van der Waals surface area contributed by atoms with Crippen LogP contribution in [0.15, 0.2) is 70.7 Å². The summed E-state index contributed by atoms with van der Waals surface area (Å²) >= 11 is 1.52. The summed E-state index contributed by atoms with van der Waals surface area (Å²) in [5.41, 5.74) is 3.48. The number of hydrogen-bond donors (Lipinski definition) is 1. The van der Waals surface area contributed by atoms with Crippen LogP contribution < -0.4 is 5.32 Å². The fourth-order valence-electron chi connectivity index (χ4n) is 3.23. The predicted octanol–water partition coefficient (Wildman–Crippen LogP) is 4.91. The number of nitrogens with zero attached hydrogens (tertiary/aromatic N) is 2. The molecule has 0 aliphatic heterocycles. The van der Waals surface area contributed by atoms with Crippen LogP contribution in [0.3, 0.4) is 0 Å². The van der Waals surface area contributed by atoms with E-state index in [2.05, 4.69) is 15.3 Å². The first-order valence-corrected chi connectivity index (χ1v) is 9.84. The minimum Gasteiger partial charge on any atom is -0.325 e. The van der Waals surface area contributed by atoms with Crippen LogP contribution in [0.25, 0.3) is 0 Å². The fourth-order valence-corrected chi connectivity index (χ4v) is 4.09. The molecule has 2 aromatic carbocycles. The first-order chi connectivity index (χ1) is 13.0. The molecule has 1 fully saturated rings. The van der Waals surface area contributed by atoms with E-state index in [1.807, 2.05) is 74.5 Å². The van der Waals surface area contributed by atoms with Gasteiger partial charge in [0.15, 0.2) is 5.16 Å². The highest BCUT2D eigenvalue weighted by Crippen LogP contribution is 2.48. The number of amides is 1. The molecule has 1 aliphatic carbocycles. The largest absolute Gasteiger partial charge is 0.325 e. The molecule has 4 rings (SSSR count). The lowest BCUT2D eigenvalue weighted by molar-refractivity contribution is -0.118. The number of aryl methyl sites for hydroxylation is 2. The molecule has 0 radical (unpaired) electrons. The third kappa shape index (κ3) is 3.88. The Morgan fingerprint density at radius 3 is 2.19 bits per heavy atom. The van der Waals surface area contributed by atoms with Gasteiger partial charge in [0.2, 0.25) is 5.91 Å². The molecule has 5 heteroatoms. The molecule has 3 aromatic rings. The molecule has 4 nitrogen and oxygen atoms in total. The van der Waals surface area contributed by atoms with E-state index in [0.717, 1.165) is 45.5 Å². The predicted molar refractivity (Wildman–Crippen MR) is 108 cm³/mol. The van der Waals surface area contributed by atoms with Gasteiger partial charge in [-0.1, -0.05) is 30.3 Å². The number of hydrogen-bond acceptors (Lipinski definition) is 4. The smallest absolute Gasteiger partial charge is 0.235 e. The Bertz CT molecular complexity index is 946. The van der Waals surface area contributed by atoms with Gasteiger partial charge in [-0.05, 0) is 74.3 Å². The average Bonchev–Trinajstić information content (AvgIpc) is 3.45. The van der Waals surface area contributed by atoms with Crippen molar-refractivity contribution in [1.82, 2.24) is 9.97 Å². The fraction of sp³-hybridized carbons (Fsp3) is 0.227. The quantitative estimate of drug-likeness (QED) is 0.644. The summed E-state index contributed by atoms with van der Waals surface area (Å²) in [5, 5.41) is 3.81. The number of anilines is 1. The molecule has 1 aliphatic rings. The molecule has 0 unspecified atom stereocenters. The van der Waals surface area contributed by atoms with Crippen molar-refractivity contribution in [1.29, 1.82) is 0 Å². The lowest BCUT2D eigenvalue weighted by Crippen LogP contribution is -2.27. The second-order valence-electron chi connectivity index (χ2n) is 6.96. The first kappa shape index (κ1) is 17.7. The molecule has 1 saturated carbocycles.